The fraction of sp³-hybridized carbons (Fsp3) is 0.100. The average Bonchev–Trinajstić information content (AvgIpc) is 2.94. The van der Waals surface area contributed by atoms with Gasteiger partial charge in [-0.25, -0.2) is 0 Å². The van der Waals surface area contributed by atoms with E-state index < -0.39 is 4.92 Å². The van der Waals surface area contributed by atoms with Crippen LogP contribution < -0.4 is 0 Å². The zero-order valence-electron chi connectivity index (χ0n) is 14.4. The fourth-order valence-electron chi connectivity index (χ4n) is 2.83. The van der Waals surface area contributed by atoms with Gasteiger partial charge in [-0.2, -0.15) is 5.26 Å². The number of hydrogen-bond acceptors (Lipinski definition) is 4. The lowest BCUT2D eigenvalue weighted by Crippen LogP contribution is -2.00. The first-order valence-electron chi connectivity index (χ1n) is 7.97. The molecule has 0 saturated carbocycles. The lowest BCUT2D eigenvalue weighted by Gasteiger charge is -2.09. The van der Waals surface area contributed by atoms with E-state index in [0.29, 0.717) is 5.56 Å². The molecule has 26 heavy (non-hydrogen) atoms. The topological polar surface area (TPSA) is 84.2 Å². The number of benzene rings is 2. The van der Waals surface area contributed by atoms with Crippen molar-refractivity contribution in [3.63, 3.8) is 0 Å². The second-order valence-electron chi connectivity index (χ2n) is 5.86. The maximum atomic E-state index is 11.0. The molecule has 2 aromatic carbocycles. The van der Waals surface area contributed by atoms with Crippen molar-refractivity contribution in [2.45, 2.75) is 13.8 Å². The summed E-state index contributed by atoms with van der Waals surface area (Å²) in [7, 11) is 0. The van der Waals surface area contributed by atoms with E-state index in [1.54, 1.807) is 42.6 Å². The van der Waals surface area contributed by atoms with E-state index in [1.165, 1.54) is 6.07 Å². The summed E-state index contributed by atoms with van der Waals surface area (Å²) in [5.74, 6) is 0. The van der Waals surface area contributed by atoms with Crippen molar-refractivity contribution in [1.29, 1.82) is 5.26 Å². The Labute approximate surface area is 150 Å². The van der Waals surface area contributed by atoms with Crippen molar-refractivity contribution >= 4 is 17.6 Å². The molecule has 1 aromatic heterocycles. The molecule has 0 spiro atoms. The molecule has 0 N–H and O–H groups in total. The molecule has 0 aliphatic rings. The van der Waals surface area contributed by atoms with Gasteiger partial charge in [-0.3, -0.25) is 15.1 Å². The van der Waals surface area contributed by atoms with Gasteiger partial charge in [0, 0.05) is 35.3 Å². The predicted molar refractivity (Wildman–Crippen MR) is 100 cm³/mol. The van der Waals surface area contributed by atoms with Crippen molar-refractivity contribution < 1.29 is 4.92 Å². The minimum atomic E-state index is -0.398. The summed E-state index contributed by atoms with van der Waals surface area (Å²) in [6.45, 7) is 3.90. The number of aliphatic imine (C=N–C) groups is 1. The van der Waals surface area contributed by atoms with Crippen molar-refractivity contribution in [3.8, 4) is 11.8 Å². The Morgan fingerprint density at radius 2 is 1.88 bits per heavy atom. The minimum Gasteiger partial charge on any atom is -0.318 e. The molecule has 3 rings (SSSR count). The van der Waals surface area contributed by atoms with E-state index in [1.807, 2.05) is 30.5 Å². The number of hydrogen-bond donors (Lipinski definition) is 0. The van der Waals surface area contributed by atoms with E-state index in [4.69, 9.17) is 5.26 Å². The molecule has 128 valence electrons. The molecule has 6 nitrogen and oxygen atoms in total. The molecular weight excluding hydrogens is 328 g/mol. The zero-order valence-corrected chi connectivity index (χ0v) is 14.4. The molecule has 0 radical (unpaired) electrons. The van der Waals surface area contributed by atoms with Crippen LogP contribution in [0.15, 0.2) is 59.6 Å². The van der Waals surface area contributed by atoms with Crippen molar-refractivity contribution in [2.24, 2.45) is 4.99 Å². The van der Waals surface area contributed by atoms with E-state index in [0.717, 1.165) is 28.3 Å². The Morgan fingerprint density at radius 1 is 1.15 bits per heavy atom. The van der Waals surface area contributed by atoms with Crippen LogP contribution in [0, 0.1) is 35.3 Å². The summed E-state index contributed by atoms with van der Waals surface area (Å²) in [6.07, 6.45) is 1.76. The monoisotopic (exact) mass is 344 g/mol. The third kappa shape index (κ3) is 3.37. The largest absolute Gasteiger partial charge is 0.318 e. The van der Waals surface area contributed by atoms with Crippen LogP contribution in [0.4, 0.5) is 11.4 Å². The standard InChI is InChI=1S/C20H16N4O2/c1-14-10-17(13-22-18-8-6-16(12-21)7-9-18)15(2)23(14)19-4-3-5-20(11-19)24(25)26/h3-11,13H,1-2H3. The van der Waals surface area contributed by atoms with Crippen LogP contribution in [-0.2, 0) is 0 Å². The highest BCUT2D eigenvalue weighted by Crippen LogP contribution is 2.23. The smallest absolute Gasteiger partial charge is 0.271 e. The highest BCUT2D eigenvalue weighted by molar-refractivity contribution is 5.84. The number of nitro groups is 1. The molecule has 0 fully saturated rings. The molecule has 3 aromatic rings. The number of non-ortho nitro benzene ring substituents is 1. The molecule has 0 saturated heterocycles. The maximum Gasteiger partial charge on any atom is 0.271 e. The zero-order chi connectivity index (χ0) is 18.7. The van der Waals surface area contributed by atoms with Crippen molar-refractivity contribution in [2.75, 3.05) is 0 Å². The summed E-state index contributed by atoms with van der Waals surface area (Å²) in [6, 6.07) is 17.6. The van der Waals surface area contributed by atoms with Gasteiger partial charge in [0.15, 0.2) is 0 Å². The van der Waals surface area contributed by atoms with Crippen molar-refractivity contribution in [3.05, 3.63) is 87.2 Å². The molecule has 0 amide bonds. The highest BCUT2D eigenvalue weighted by atomic mass is 16.6. The van der Waals surface area contributed by atoms with E-state index >= 15 is 0 Å². The second kappa shape index (κ2) is 7.03. The Kier molecular flexibility index (Phi) is 4.63. The van der Waals surface area contributed by atoms with Crippen LogP contribution >= 0.6 is 0 Å². The quantitative estimate of drug-likeness (QED) is 0.393. The number of aromatic nitrogens is 1. The highest BCUT2D eigenvalue weighted by Gasteiger charge is 2.12. The van der Waals surface area contributed by atoms with Gasteiger partial charge in [0.2, 0.25) is 0 Å². The van der Waals surface area contributed by atoms with Crippen LogP contribution in [0.25, 0.3) is 5.69 Å². The lowest BCUT2D eigenvalue weighted by atomic mass is 10.2. The van der Waals surface area contributed by atoms with Gasteiger partial charge in [0.25, 0.3) is 5.69 Å². The number of rotatable bonds is 4. The number of aryl methyl sites for hydroxylation is 1. The predicted octanol–water partition coefficient (Wildman–Crippen LogP) is 4.62. The second-order valence-corrected chi connectivity index (χ2v) is 5.86. The molecule has 0 atom stereocenters. The Bertz CT molecular complexity index is 1040. The van der Waals surface area contributed by atoms with Crippen LogP contribution in [0.5, 0.6) is 0 Å². The lowest BCUT2D eigenvalue weighted by molar-refractivity contribution is -0.384. The third-order valence-electron chi connectivity index (χ3n) is 4.12. The van der Waals surface area contributed by atoms with Crippen LogP contribution in [0.2, 0.25) is 0 Å². The summed E-state index contributed by atoms with van der Waals surface area (Å²) < 4.78 is 1.97. The van der Waals surface area contributed by atoms with Gasteiger partial charge in [0.1, 0.15) is 0 Å². The van der Waals surface area contributed by atoms with Gasteiger partial charge in [0.05, 0.1) is 27.9 Å². The first-order valence-corrected chi connectivity index (χ1v) is 7.97. The Balaban J connectivity index is 1.95. The van der Waals surface area contributed by atoms with Gasteiger partial charge in [-0.15, -0.1) is 0 Å². The number of nitro benzene ring substituents is 1. The maximum absolute atomic E-state index is 11.0. The van der Waals surface area contributed by atoms with Crippen LogP contribution in [0.3, 0.4) is 0 Å². The van der Waals surface area contributed by atoms with Crippen LogP contribution in [-0.4, -0.2) is 15.7 Å². The summed E-state index contributed by atoms with van der Waals surface area (Å²) in [4.78, 5) is 15.1. The third-order valence-corrected chi connectivity index (χ3v) is 4.12. The SMILES string of the molecule is Cc1cc(C=Nc2ccc(C#N)cc2)c(C)n1-c1cccc([N+](=O)[O-])c1. The van der Waals surface area contributed by atoms with Gasteiger partial charge < -0.3 is 4.57 Å². The molecule has 0 aliphatic heterocycles. The number of nitrogens with zero attached hydrogens (tertiary/aromatic N) is 4. The van der Waals surface area contributed by atoms with Crippen molar-refractivity contribution in [1.82, 2.24) is 4.57 Å². The van der Waals surface area contributed by atoms with Gasteiger partial charge in [-0.1, -0.05) is 6.07 Å². The summed E-state index contributed by atoms with van der Waals surface area (Å²) >= 11 is 0. The minimum absolute atomic E-state index is 0.0581. The number of nitriles is 1. The van der Waals surface area contributed by atoms with Gasteiger partial charge >= 0.3 is 0 Å². The Morgan fingerprint density at radius 3 is 2.54 bits per heavy atom. The summed E-state index contributed by atoms with van der Waals surface area (Å²) in [5, 5.41) is 19.9. The van der Waals surface area contributed by atoms with E-state index in [-0.39, 0.29) is 5.69 Å². The fourth-order valence-corrected chi connectivity index (χ4v) is 2.83. The molecule has 0 aliphatic carbocycles. The van der Waals surface area contributed by atoms with E-state index in [2.05, 4.69) is 11.1 Å². The Hall–Kier alpha value is -3.72. The normalized spacial score (nSPS) is 10.8. The first kappa shape index (κ1) is 17.1. The molecular formula is C20H16N4O2. The van der Waals surface area contributed by atoms with Crippen LogP contribution in [0.1, 0.15) is 22.5 Å². The van der Waals surface area contributed by atoms with E-state index in [9.17, 15) is 10.1 Å². The summed E-state index contributed by atoms with van der Waals surface area (Å²) in [5.41, 5.74) is 4.98. The first-order chi connectivity index (χ1) is 12.5. The molecule has 1 heterocycles. The molecule has 0 bridgehead atoms. The molecule has 6 heteroatoms. The van der Waals surface area contributed by atoms with Gasteiger partial charge in [-0.05, 0) is 50.2 Å². The molecule has 0 unspecified atom stereocenters. The average molecular weight is 344 g/mol.